The minimum Gasteiger partial charge on any atom is -0.361 e. The van der Waals surface area contributed by atoms with Gasteiger partial charge in [0.05, 0.1) is 16.8 Å². The van der Waals surface area contributed by atoms with Crippen LogP contribution in [-0.4, -0.2) is 31.1 Å². The van der Waals surface area contributed by atoms with E-state index in [2.05, 4.69) is 58.4 Å². The van der Waals surface area contributed by atoms with E-state index in [1.807, 2.05) is 36.4 Å². The van der Waals surface area contributed by atoms with Crippen LogP contribution in [0.25, 0.3) is 6.08 Å². The van der Waals surface area contributed by atoms with Gasteiger partial charge in [-0.05, 0) is 41.5 Å². The van der Waals surface area contributed by atoms with Gasteiger partial charge in [0.1, 0.15) is 0 Å². The van der Waals surface area contributed by atoms with Gasteiger partial charge in [-0.15, -0.1) is 0 Å². The van der Waals surface area contributed by atoms with Crippen molar-refractivity contribution in [3.8, 4) is 0 Å². The zero-order valence-electron chi connectivity index (χ0n) is 16.5. The monoisotopic (exact) mass is 456 g/mol. The van der Waals surface area contributed by atoms with Gasteiger partial charge in [0.2, 0.25) is 0 Å². The number of piperazine rings is 1. The van der Waals surface area contributed by atoms with Crippen molar-refractivity contribution in [2.75, 3.05) is 31.1 Å². The second-order valence-corrected chi connectivity index (χ2v) is 8.71. The van der Waals surface area contributed by atoms with Gasteiger partial charge < -0.3 is 4.90 Å². The van der Waals surface area contributed by atoms with Crippen LogP contribution in [0, 0.1) is 0 Å². The zero-order valence-corrected chi connectivity index (χ0v) is 18.8. The molecular weight excluding hydrogens is 435 g/mol. The fraction of sp³-hybridized carbons (Fsp3) is 0.200. The Morgan fingerprint density at radius 3 is 2.30 bits per heavy atom. The van der Waals surface area contributed by atoms with Gasteiger partial charge in [0, 0.05) is 36.2 Å². The van der Waals surface area contributed by atoms with Gasteiger partial charge in [-0.1, -0.05) is 89.4 Å². The molecule has 2 nitrogen and oxygen atoms in total. The average Bonchev–Trinajstić information content (AvgIpc) is 2.75. The third-order valence-corrected chi connectivity index (χ3v) is 6.20. The van der Waals surface area contributed by atoms with Crippen molar-refractivity contribution in [2.45, 2.75) is 6.04 Å². The molecule has 1 aliphatic heterocycles. The zero-order chi connectivity index (χ0) is 20.9. The number of halogens is 3. The Hall–Kier alpha value is -1.97. The van der Waals surface area contributed by atoms with Gasteiger partial charge >= 0.3 is 0 Å². The lowest BCUT2D eigenvalue weighted by molar-refractivity contribution is 0.245. The SMILES string of the molecule is Clc1ccc(C2CN(CC=Cc3ccccc3)CCN2c2ccc(Cl)cc2Cl)cc1. The van der Waals surface area contributed by atoms with E-state index in [0.29, 0.717) is 10.0 Å². The van der Waals surface area contributed by atoms with Crippen LogP contribution < -0.4 is 4.90 Å². The van der Waals surface area contributed by atoms with Crippen molar-refractivity contribution in [1.29, 1.82) is 0 Å². The molecule has 0 saturated carbocycles. The highest BCUT2D eigenvalue weighted by molar-refractivity contribution is 6.36. The summed E-state index contributed by atoms with van der Waals surface area (Å²) in [5.74, 6) is 0. The number of hydrogen-bond donors (Lipinski definition) is 0. The second kappa shape index (κ2) is 9.89. The molecule has 0 radical (unpaired) electrons. The Labute approximate surface area is 193 Å². The molecule has 0 bridgehead atoms. The number of rotatable bonds is 5. The van der Waals surface area contributed by atoms with E-state index in [4.69, 9.17) is 34.8 Å². The molecule has 0 N–H and O–H groups in total. The minimum atomic E-state index is 0.180. The lowest BCUT2D eigenvalue weighted by Gasteiger charge is -2.43. The molecule has 30 heavy (non-hydrogen) atoms. The van der Waals surface area contributed by atoms with Gasteiger partial charge in [-0.3, -0.25) is 4.90 Å². The van der Waals surface area contributed by atoms with Crippen molar-refractivity contribution in [1.82, 2.24) is 4.90 Å². The van der Waals surface area contributed by atoms with Gasteiger partial charge in [-0.2, -0.15) is 0 Å². The smallest absolute Gasteiger partial charge is 0.0670 e. The van der Waals surface area contributed by atoms with E-state index < -0.39 is 0 Å². The molecule has 3 aromatic carbocycles. The average molecular weight is 458 g/mol. The first-order valence-corrected chi connectivity index (χ1v) is 11.1. The summed E-state index contributed by atoms with van der Waals surface area (Å²) in [6, 6.07) is 24.4. The molecule has 5 heteroatoms. The summed E-state index contributed by atoms with van der Waals surface area (Å²) in [6.07, 6.45) is 4.42. The summed E-state index contributed by atoms with van der Waals surface area (Å²) < 4.78 is 0. The van der Waals surface area contributed by atoms with Crippen LogP contribution in [0.2, 0.25) is 15.1 Å². The molecule has 4 rings (SSSR count). The fourth-order valence-corrected chi connectivity index (χ4v) is 4.52. The van der Waals surface area contributed by atoms with Crippen LogP contribution in [0.15, 0.2) is 78.9 Å². The molecule has 0 aromatic heterocycles. The first kappa shape index (κ1) is 21.3. The minimum absolute atomic E-state index is 0.180. The molecule has 1 atom stereocenters. The molecular formula is C25H23Cl3N2. The molecule has 154 valence electrons. The Morgan fingerprint density at radius 2 is 1.57 bits per heavy atom. The van der Waals surface area contributed by atoms with E-state index in [1.165, 1.54) is 11.1 Å². The van der Waals surface area contributed by atoms with Crippen molar-refractivity contribution < 1.29 is 0 Å². The molecule has 1 aliphatic rings. The number of nitrogens with zero attached hydrogens (tertiary/aromatic N) is 2. The largest absolute Gasteiger partial charge is 0.361 e. The Balaban J connectivity index is 1.55. The molecule has 3 aromatic rings. The van der Waals surface area contributed by atoms with Crippen LogP contribution in [0.1, 0.15) is 17.2 Å². The molecule has 0 amide bonds. The summed E-state index contributed by atoms with van der Waals surface area (Å²) in [6.45, 7) is 3.65. The fourth-order valence-electron chi connectivity index (χ4n) is 3.88. The first-order valence-electron chi connectivity index (χ1n) is 10.0. The van der Waals surface area contributed by atoms with Crippen LogP contribution >= 0.6 is 34.8 Å². The maximum absolute atomic E-state index is 6.56. The van der Waals surface area contributed by atoms with Crippen molar-refractivity contribution in [3.05, 3.63) is 105 Å². The molecule has 1 unspecified atom stereocenters. The van der Waals surface area contributed by atoms with Crippen molar-refractivity contribution in [2.24, 2.45) is 0 Å². The Kier molecular flexibility index (Phi) is 7.01. The lowest BCUT2D eigenvalue weighted by atomic mass is 10.0. The maximum atomic E-state index is 6.56. The third kappa shape index (κ3) is 5.19. The molecule has 1 heterocycles. The van der Waals surface area contributed by atoms with Gasteiger partial charge in [0.15, 0.2) is 0 Å². The summed E-state index contributed by atoms with van der Waals surface area (Å²) in [7, 11) is 0. The normalized spacial score (nSPS) is 17.6. The van der Waals surface area contributed by atoms with Gasteiger partial charge in [-0.25, -0.2) is 0 Å². The van der Waals surface area contributed by atoms with E-state index in [9.17, 15) is 0 Å². The number of anilines is 1. The Bertz CT molecular complexity index is 1000. The molecule has 1 fully saturated rings. The topological polar surface area (TPSA) is 6.48 Å². The van der Waals surface area contributed by atoms with Crippen LogP contribution in [-0.2, 0) is 0 Å². The quantitative estimate of drug-likeness (QED) is 0.399. The summed E-state index contributed by atoms with van der Waals surface area (Å²) in [4.78, 5) is 4.85. The highest BCUT2D eigenvalue weighted by Gasteiger charge is 2.29. The molecule has 0 aliphatic carbocycles. The standard InChI is InChI=1S/C25H23Cl3N2/c26-21-10-8-20(9-11-21)25-18-29(14-4-7-19-5-2-1-3-6-19)15-16-30(25)24-13-12-22(27)17-23(24)28/h1-13,17,25H,14-16,18H2. The summed E-state index contributed by atoms with van der Waals surface area (Å²) in [5.41, 5.74) is 3.46. The van der Waals surface area contributed by atoms with Crippen molar-refractivity contribution in [3.63, 3.8) is 0 Å². The predicted molar refractivity (Wildman–Crippen MR) is 130 cm³/mol. The highest BCUT2D eigenvalue weighted by atomic mass is 35.5. The van der Waals surface area contributed by atoms with Gasteiger partial charge in [0.25, 0.3) is 0 Å². The summed E-state index contributed by atoms with van der Waals surface area (Å²) >= 11 is 18.8. The lowest BCUT2D eigenvalue weighted by Crippen LogP contribution is -2.48. The number of benzene rings is 3. The molecule has 1 saturated heterocycles. The second-order valence-electron chi connectivity index (χ2n) is 7.43. The third-order valence-electron chi connectivity index (χ3n) is 5.41. The predicted octanol–water partition coefficient (Wildman–Crippen LogP) is 7.22. The number of hydrogen-bond acceptors (Lipinski definition) is 2. The molecule has 0 spiro atoms. The maximum Gasteiger partial charge on any atom is 0.0670 e. The summed E-state index contributed by atoms with van der Waals surface area (Å²) in [5, 5.41) is 2.07. The van der Waals surface area contributed by atoms with E-state index in [-0.39, 0.29) is 6.04 Å². The highest BCUT2D eigenvalue weighted by Crippen LogP contribution is 2.36. The van der Waals surface area contributed by atoms with E-state index in [1.54, 1.807) is 0 Å². The van der Waals surface area contributed by atoms with Crippen LogP contribution in [0.4, 0.5) is 5.69 Å². The van der Waals surface area contributed by atoms with Crippen LogP contribution in [0.3, 0.4) is 0 Å². The van der Waals surface area contributed by atoms with Crippen molar-refractivity contribution >= 4 is 46.6 Å². The Morgan fingerprint density at radius 1 is 0.833 bits per heavy atom. The van der Waals surface area contributed by atoms with E-state index >= 15 is 0 Å². The van der Waals surface area contributed by atoms with Crippen LogP contribution in [0.5, 0.6) is 0 Å². The van der Waals surface area contributed by atoms with E-state index in [0.717, 1.165) is 36.9 Å². The first-order chi connectivity index (χ1) is 14.6.